The Labute approximate surface area is 325 Å². The summed E-state index contributed by atoms with van der Waals surface area (Å²) in [6.45, 7) is 4.81. The molecule has 10 rings (SSSR count). The molecule has 2 aliphatic carbocycles. The van der Waals surface area contributed by atoms with E-state index in [1.165, 1.54) is 103 Å². The lowest BCUT2D eigenvalue weighted by Gasteiger charge is -2.30. The molecule has 1 nitrogen and oxygen atoms in total. The normalized spacial score (nSPS) is 14.5. The topological polar surface area (TPSA) is 3.24 Å². The number of fused-ring (bicyclic) bond motifs is 4. The maximum absolute atomic E-state index is 2.52. The zero-order valence-corrected chi connectivity index (χ0v) is 31.7. The van der Waals surface area contributed by atoms with E-state index in [0.717, 1.165) is 11.4 Å². The first-order valence-corrected chi connectivity index (χ1v) is 20.0. The molecule has 8 aromatic carbocycles. The number of rotatable bonds is 7. The van der Waals surface area contributed by atoms with Crippen LogP contribution in [-0.4, -0.2) is 0 Å². The zero-order valence-electron chi connectivity index (χ0n) is 31.7. The fourth-order valence-corrected chi connectivity index (χ4v) is 9.60. The molecule has 0 radical (unpaired) electrons. The van der Waals surface area contributed by atoms with Crippen LogP contribution in [0.3, 0.4) is 0 Å². The highest BCUT2D eigenvalue weighted by atomic mass is 15.1. The maximum atomic E-state index is 2.52. The highest BCUT2D eigenvalue weighted by Crippen LogP contribution is 2.52. The Kier molecular flexibility index (Phi) is 8.25. The Morgan fingerprint density at radius 3 is 1.71 bits per heavy atom. The van der Waals surface area contributed by atoms with E-state index < -0.39 is 0 Å². The Balaban J connectivity index is 1.12. The Hall–Kier alpha value is -6.18. The molecule has 1 fully saturated rings. The van der Waals surface area contributed by atoms with Crippen LogP contribution in [0.1, 0.15) is 62.1 Å². The molecule has 0 heterocycles. The first-order valence-electron chi connectivity index (χ1n) is 20.0. The molecule has 0 bridgehead atoms. The number of hydrogen-bond donors (Lipinski definition) is 0. The first-order chi connectivity index (χ1) is 27.0. The van der Waals surface area contributed by atoms with Crippen LogP contribution >= 0.6 is 0 Å². The van der Waals surface area contributed by atoms with Gasteiger partial charge in [0.05, 0.1) is 5.69 Å². The Bertz CT molecular complexity index is 2660. The molecular weight excluding hydrogens is 663 g/mol. The van der Waals surface area contributed by atoms with Gasteiger partial charge in [0.2, 0.25) is 0 Å². The van der Waals surface area contributed by atoms with E-state index in [1.807, 2.05) is 0 Å². The molecule has 0 aromatic heterocycles. The van der Waals surface area contributed by atoms with Gasteiger partial charge in [0.25, 0.3) is 0 Å². The summed E-state index contributed by atoms with van der Waals surface area (Å²) in [5, 5.41) is 2.53. The van der Waals surface area contributed by atoms with Crippen molar-refractivity contribution in [2.45, 2.75) is 50.9 Å². The van der Waals surface area contributed by atoms with Crippen LogP contribution in [0.5, 0.6) is 0 Å². The number of para-hydroxylation sites is 1. The van der Waals surface area contributed by atoms with E-state index in [9.17, 15) is 0 Å². The van der Waals surface area contributed by atoms with Gasteiger partial charge in [-0.2, -0.15) is 0 Å². The smallest absolute Gasteiger partial charge is 0.0540 e. The number of hydrogen-bond acceptors (Lipinski definition) is 1. The van der Waals surface area contributed by atoms with Crippen LogP contribution in [0.4, 0.5) is 17.1 Å². The van der Waals surface area contributed by atoms with E-state index in [4.69, 9.17) is 0 Å². The summed E-state index contributed by atoms with van der Waals surface area (Å²) in [6.07, 6.45) is 5.34. The average Bonchev–Trinajstić information content (AvgIpc) is 3.87. The van der Waals surface area contributed by atoms with E-state index >= 15 is 0 Å². The summed E-state index contributed by atoms with van der Waals surface area (Å²) in [4.78, 5) is 2.47. The lowest BCUT2D eigenvalue weighted by molar-refractivity contribution is 0.658. The maximum Gasteiger partial charge on any atom is 0.0540 e. The van der Waals surface area contributed by atoms with Crippen molar-refractivity contribution in [1.29, 1.82) is 0 Å². The van der Waals surface area contributed by atoms with E-state index in [1.54, 1.807) is 0 Å². The molecule has 0 unspecified atom stereocenters. The molecule has 8 aromatic rings. The van der Waals surface area contributed by atoms with Crippen molar-refractivity contribution < 1.29 is 0 Å². The van der Waals surface area contributed by atoms with Crippen LogP contribution < -0.4 is 4.90 Å². The second-order valence-electron chi connectivity index (χ2n) is 16.0. The van der Waals surface area contributed by atoms with Crippen LogP contribution in [0.25, 0.3) is 55.3 Å². The van der Waals surface area contributed by atoms with Crippen molar-refractivity contribution in [1.82, 2.24) is 0 Å². The third-order valence-corrected chi connectivity index (χ3v) is 12.4. The van der Waals surface area contributed by atoms with Gasteiger partial charge in [0, 0.05) is 22.4 Å². The largest absolute Gasteiger partial charge is 0.310 e. The quantitative estimate of drug-likeness (QED) is 0.159. The minimum Gasteiger partial charge on any atom is -0.310 e. The fraction of sp³-hybridized carbons (Fsp3) is 0.148. The molecule has 0 atom stereocenters. The van der Waals surface area contributed by atoms with Gasteiger partial charge in [-0.15, -0.1) is 0 Å². The number of anilines is 3. The van der Waals surface area contributed by atoms with Crippen molar-refractivity contribution in [3.63, 3.8) is 0 Å². The molecule has 1 saturated carbocycles. The van der Waals surface area contributed by atoms with Gasteiger partial charge in [0.1, 0.15) is 0 Å². The van der Waals surface area contributed by atoms with Gasteiger partial charge in [-0.3, -0.25) is 0 Å². The summed E-state index contributed by atoms with van der Waals surface area (Å²) in [5.74, 6) is 0.698. The minimum atomic E-state index is -0.103. The second kappa shape index (κ2) is 13.6. The van der Waals surface area contributed by atoms with Gasteiger partial charge >= 0.3 is 0 Å². The molecule has 55 heavy (non-hydrogen) atoms. The van der Waals surface area contributed by atoms with Gasteiger partial charge in [-0.05, 0) is 115 Å². The predicted octanol–water partition coefficient (Wildman–Crippen LogP) is 15.3. The van der Waals surface area contributed by atoms with Gasteiger partial charge in [-0.1, -0.05) is 178 Å². The summed E-state index contributed by atoms with van der Waals surface area (Å²) in [7, 11) is 0. The third-order valence-electron chi connectivity index (χ3n) is 12.4. The molecule has 0 aliphatic heterocycles. The van der Waals surface area contributed by atoms with Crippen molar-refractivity contribution in [2.75, 3.05) is 4.90 Å². The third kappa shape index (κ3) is 5.78. The molecule has 2 aliphatic rings. The first kappa shape index (κ1) is 33.4. The fourth-order valence-electron chi connectivity index (χ4n) is 9.60. The molecule has 0 spiro atoms. The van der Waals surface area contributed by atoms with Gasteiger partial charge in [0.15, 0.2) is 0 Å². The van der Waals surface area contributed by atoms with Crippen LogP contribution in [-0.2, 0) is 5.41 Å². The Morgan fingerprint density at radius 1 is 0.436 bits per heavy atom. The molecule has 0 amide bonds. The van der Waals surface area contributed by atoms with Crippen molar-refractivity contribution in [3.8, 4) is 44.5 Å². The van der Waals surface area contributed by atoms with Crippen LogP contribution in [0, 0.1) is 0 Å². The lowest BCUT2D eigenvalue weighted by Crippen LogP contribution is -2.17. The van der Waals surface area contributed by atoms with E-state index in [-0.39, 0.29) is 5.41 Å². The summed E-state index contributed by atoms with van der Waals surface area (Å²) in [6, 6.07) is 67.5. The Morgan fingerprint density at radius 2 is 1.02 bits per heavy atom. The average molecular weight is 708 g/mol. The monoisotopic (exact) mass is 707 g/mol. The number of benzene rings is 8. The highest BCUT2D eigenvalue weighted by molar-refractivity contribution is 6.06. The molecular formula is C54H45N. The second-order valence-corrected chi connectivity index (χ2v) is 16.0. The summed E-state index contributed by atoms with van der Waals surface area (Å²) in [5.41, 5.74) is 17.9. The van der Waals surface area contributed by atoms with Crippen molar-refractivity contribution in [2.24, 2.45) is 0 Å². The predicted molar refractivity (Wildman–Crippen MR) is 234 cm³/mol. The van der Waals surface area contributed by atoms with E-state index in [2.05, 4.69) is 201 Å². The zero-order chi connectivity index (χ0) is 36.9. The van der Waals surface area contributed by atoms with Crippen LogP contribution in [0.15, 0.2) is 182 Å². The highest BCUT2D eigenvalue weighted by Gasteiger charge is 2.37. The van der Waals surface area contributed by atoms with Gasteiger partial charge < -0.3 is 4.90 Å². The molecule has 1 heteroatoms. The van der Waals surface area contributed by atoms with Crippen LogP contribution in [0.2, 0.25) is 0 Å². The summed E-state index contributed by atoms with van der Waals surface area (Å²) >= 11 is 0. The number of nitrogens with zero attached hydrogens (tertiary/aromatic N) is 1. The SMILES string of the molecule is CC1(C)c2ccc(C3CCCC3)cc2-c2ccc(N(c3ccc(-c4cccc5cccc(-c6ccccc6)c45)cc3)c3ccccc3-c3ccccc3)cc21. The van der Waals surface area contributed by atoms with Crippen molar-refractivity contribution >= 4 is 27.8 Å². The van der Waals surface area contributed by atoms with Crippen molar-refractivity contribution in [3.05, 3.63) is 199 Å². The summed E-state index contributed by atoms with van der Waals surface area (Å²) < 4.78 is 0. The standard InChI is InChI=1S/C54H45N/c1-54(2)50-34-29-42(37-15-9-10-16-37)35-49(50)48-33-32-44(36-51(48)54)55(52-26-12-11-23-45(52)38-17-5-3-6-18-38)43-30-27-40(28-31-43)47-25-14-22-41-21-13-24-46(53(41)47)39-19-7-4-8-20-39/h3-8,11-14,17-37H,9-10,15-16H2,1-2H3. The van der Waals surface area contributed by atoms with Gasteiger partial charge in [-0.25, -0.2) is 0 Å². The minimum absolute atomic E-state index is 0.103. The molecule has 0 saturated heterocycles. The molecule has 266 valence electrons. The van der Waals surface area contributed by atoms with E-state index in [0.29, 0.717) is 5.92 Å². The lowest BCUT2D eigenvalue weighted by atomic mass is 9.81. The molecule has 0 N–H and O–H groups in total.